The van der Waals surface area contributed by atoms with Gasteiger partial charge in [0.25, 0.3) is 5.91 Å². The first-order chi connectivity index (χ1) is 19.8. The van der Waals surface area contributed by atoms with Crippen molar-refractivity contribution in [2.75, 3.05) is 40.3 Å². The predicted molar refractivity (Wildman–Crippen MR) is 151 cm³/mol. The second-order valence-corrected chi connectivity index (χ2v) is 11.3. The molecular weight excluding hydrogens is 598 g/mol. The largest absolute Gasteiger partial charge is 0.573 e. The topological polar surface area (TPSA) is 79.4 Å². The van der Waals surface area contributed by atoms with Gasteiger partial charge in [0.05, 0.1) is 22.7 Å². The van der Waals surface area contributed by atoms with Crippen LogP contribution in [0.25, 0.3) is 0 Å². The lowest BCUT2D eigenvalue weighted by molar-refractivity contribution is -0.274. The van der Waals surface area contributed by atoms with Crippen LogP contribution in [0.4, 0.5) is 13.2 Å². The molecule has 0 unspecified atom stereocenters. The summed E-state index contributed by atoms with van der Waals surface area (Å²) in [6.45, 7) is 3.23. The molecule has 2 fully saturated rings. The average molecular weight is 630 g/mol. The summed E-state index contributed by atoms with van der Waals surface area (Å²) in [5.41, 5.74) is 0.671. The van der Waals surface area contributed by atoms with Crippen LogP contribution in [-0.4, -0.2) is 85.2 Å². The Bertz CT molecular complexity index is 1330. The van der Waals surface area contributed by atoms with Gasteiger partial charge in [-0.3, -0.25) is 14.4 Å². The van der Waals surface area contributed by atoms with Crippen LogP contribution in [0.5, 0.6) is 11.5 Å². The summed E-state index contributed by atoms with van der Waals surface area (Å²) >= 11 is 12.5. The van der Waals surface area contributed by atoms with Gasteiger partial charge in [-0.1, -0.05) is 29.3 Å². The van der Waals surface area contributed by atoms with Crippen molar-refractivity contribution in [2.45, 2.75) is 44.5 Å². The van der Waals surface area contributed by atoms with E-state index in [4.69, 9.17) is 27.9 Å². The summed E-state index contributed by atoms with van der Waals surface area (Å²) < 4.78 is 47.9. The Morgan fingerprint density at radius 3 is 2.21 bits per heavy atom. The molecule has 3 amide bonds. The lowest BCUT2D eigenvalue weighted by Crippen LogP contribution is -2.53. The molecule has 4 rings (SSSR count). The first-order valence-electron chi connectivity index (χ1n) is 13.5. The highest BCUT2D eigenvalue weighted by atomic mass is 35.5. The number of carbonyl (C=O) groups is 3. The van der Waals surface area contributed by atoms with Crippen LogP contribution < -0.4 is 9.47 Å². The molecule has 0 radical (unpaired) electrons. The number of benzene rings is 2. The molecule has 13 heteroatoms. The Labute approximate surface area is 252 Å². The third-order valence-corrected chi connectivity index (χ3v) is 8.74. The van der Waals surface area contributed by atoms with Crippen molar-refractivity contribution in [3.63, 3.8) is 0 Å². The van der Waals surface area contributed by atoms with E-state index in [0.29, 0.717) is 55.5 Å². The summed E-state index contributed by atoms with van der Waals surface area (Å²) in [4.78, 5) is 44.0. The number of hydrogen-bond acceptors (Lipinski definition) is 5. The van der Waals surface area contributed by atoms with Crippen LogP contribution in [0.2, 0.25) is 10.0 Å². The zero-order chi connectivity index (χ0) is 30.8. The lowest BCUT2D eigenvalue weighted by Gasteiger charge is -2.44. The van der Waals surface area contributed by atoms with Crippen molar-refractivity contribution < 1.29 is 37.0 Å². The molecule has 2 saturated heterocycles. The Morgan fingerprint density at radius 2 is 1.62 bits per heavy atom. The highest BCUT2D eigenvalue weighted by molar-refractivity contribution is 6.42. The molecule has 2 aromatic carbocycles. The molecule has 2 atom stereocenters. The first-order valence-corrected chi connectivity index (χ1v) is 14.2. The lowest BCUT2D eigenvalue weighted by atomic mass is 9.83. The number of alkyl halides is 3. The van der Waals surface area contributed by atoms with Crippen molar-refractivity contribution in [3.05, 3.63) is 57.6 Å². The van der Waals surface area contributed by atoms with Gasteiger partial charge in [-0.2, -0.15) is 0 Å². The van der Waals surface area contributed by atoms with E-state index in [1.165, 1.54) is 25.0 Å². The molecule has 0 aromatic heterocycles. The Balaban J connectivity index is 1.60. The minimum absolute atomic E-state index is 0.00522. The summed E-state index contributed by atoms with van der Waals surface area (Å²) in [7, 11) is 2.89. The summed E-state index contributed by atoms with van der Waals surface area (Å²) in [6, 6.07) is 8.04. The maximum absolute atomic E-state index is 13.7. The van der Waals surface area contributed by atoms with Crippen LogP contribution >= 0.6 is 23.2 Å². The maximum Gasteiger partial charge on any atom is 0.573 e. The third-order valence-electron chi connectivity index (χ3n) is 8.00. The van der Waals surface area contributed by atoms with Gasteiger partial charge >= 0.3 is 6.36 Å². The highest BCUT2D eigenvalue weighted by Crippen LogP contribution is 2.37. The van der Waals surface area contributed by atoms with Crippen molar-refractivity contribution in [1.82, 2.24) is 14.7 Å². The van der Waals surface area contributed by atoms with Gasteiger partial charge in [0.15, 0.2) is 0 Å². The van der Waals surface area contributed by atoms with E-state index < -0.39 is 24.1 Å². The van der Waals surface area contributed by atoms with Crippen LogP contribution in [0.3, 0.4) is 0 Å². The molecule has 2 aliphatic heterocycles. The van der Waals surface area contributed by atoms with Crippen LogP contribution in [0.15, 0.2) is 36.4 Å². The summed E-state index contributed by atoms with van der Waals surface area (Å²) in [6.07, 6.45) is -3.37. The van der Waals surface area contributed by atoms with E-state index in [2.05, 4.69) is 4.74 Å². The Kier molecular flexibility index (Phi) is 9.82. The summed E-state index contributed by atoms with van der Waals surface area (Å²) in [5.74, 6) is -1.62. The number of halogens is 5. The standard InChI is InChI=1S/C29H32Cl2F3N3O5/c1-17(38)36-11-8-18(9-12-36)27(39)37-13-10-25(22(16-37)19-4-6-23(30)24(31)14-19)35(2)28(40)21-15-20(42-29(32,33)34)5-7-26(21)41-3/h4-7,14-15,18,22,25H,8-13,16H2,1-3H3/t22-,25+/m0/s1. The Morgan fingerprint density at radius 1 is 0.952 bits per heavy atom. The monoisotopic (exact) mass is 629 g/mol. The van der Waals surface area contributed by atoms with Crippen LogP contribution in [-0.2, 0) is 9.59 Å². The van der Waals surface area contributed by atoms with Gasteiger partial charge in [0, 0.05) is 58.0 Å². The maximum atomic E-state index is 13.7. The molecule has 0 bridgehead atoms. The fourth-order valence-electron chi connectivity index (χ4n) is 5.77. The normalized spacial score (nSPS) is 19.8. The van der Waals surface area contributed by atoms with E-state index in [9.17, 15) is 27.6 Å². The minimum atomic E-state index is -4.93. The molecule has 2 heterocycles. The SMILES string of the molecule is COc1ccc(OC(F)(F)F)cc1C(=O)N(C)[C@@H]1CCN(C(=O)C2CCN(C(C)=O)CC2)C[C@H]1c1ccc(Cl)c(Cl)c1. The van der Waals surface area contributed by atoms with E-state index in [1.807, 2.05) is 0 Å². The molecule has 2 aromatic rings. The minimum Gasteiger partial charge on any atom is -0.496 e. The second kappa shape index (κ2) is 13.0. The molecule has 2 aliphatic rings. The Hall–Kier alpha value is -3.18. The number of hydrogen-bond donors (Lipinski definition) is 0. The second-order valence-electron chi connectivity index (χ2n) is 10.5. The number of nitrogens with zero attached hydrogens (tertiary/aromatic N) is 3. The number of rotatable bonds is 6. The number of piperidine rings is 2. The number of ether oxygens (including phenoxy) is 2. The van der Waals surface area contributed by atoms with Crippen LogP contribution in [0, 0.1) is 5.92 Å². The molecule has 42 heavy (non-hydrogen) atoms. The quantitative estimate of drug-likeness (QED) is 0.415. The summed E-state index contributed by atoms with van der Waals surface area (Å²) in [5, 5.41) is 0.675. The van der Waals surface area contributed by atoms with Crippen molar-refractivity contribution in [1.29, 1.82) is 0 Å². The average Bonchev–Trinajstić information content (AvgIpc) is 2.96. The van der Waals surface area contributed by atoms with Crippen molar-refractivity contribution in [3.8, 4) is 11.5 Å². The van der Waals surface area contributed by atoms with Gasteiger partial charge < -0.3 is 24.2 Å². The molecule has 8 nitrogen and oxygen atoms in total. The third kappa shape index (κ3) is 7.23. The first kappa shape index (κ1) is 31.7. The smallest absolute Gasteiger partial charge is 0.496 e. The number of likely N-dealkylation sites (N-methyl/N-ethyl adjacent to an activating group) is 1. The fraction of sp³-hybridized carbons (Fsp3) is 0.483. The van der Waals surface area contributed by atoms with Gasteiger partial charge in [-0.15, -0.1) is 13.2 Å². The zero-order valence-electron chi connectivity index (χ0n) is 23.4. The molecule has 228 valence electrons. The van der Waals surface area contributed by atoms with E-state index in [-0.39, 0.29) is 35.0 Å². The van der Waals surface area contributed by atoms with Crippen molar-refractivity contribution in [2.24, 2.45) is 5.92 Å². The number of carbonyl (C=O) groups excluding carboxylic acids is 3. The van der Waals surface area contributed by atoms with Gasteiger partial charge in [-0.25, -0.2) is 0 Å². The molecular formula is C29H32Cl2F3N3O5. The molecule has 0 N–H and O–H groups in total. The highest BCUT2D eigenvalue weighted by Gasteiger charge is 2.40. The van der Waals surface area contributed by atoms with E-state index >= 15 is 0 Å². The van der Waals surface area contributed by atoms with Gasteiger partial charge in [-0.05, 0) is 55.2 Å². The number of likely N-dealkylation sites (tertiary alicyclic amines) is 2. The van der Waals surface area contributed by atoms with Crippen molar-refractivity contribution >= 4 is 40.9 Å². The predicted octanol–water partition coefficient (Wildman–Crippen LogP) is 5.62. The van der Waals surface area contributed by atoms with Gasteiger partial charge in [0.1, 0.15) is 11.5 Å². The van der Waals surface area contributed by atoms with Crippen LogP contribution in [0.1, 0.15) is 48.0 Å². The molecule has 0 spiro atoms. The van der Waals surface area contributed by atoms with E-state index in [0.717, 1.165) is 17.7 Å². The number of methoxy groups -OCH3 is 1. The zero-order valence-corrected chi connectivity index (χ0v) is 24.9. The number of amides is 3. The fourth-order valence-corrected chi connectivity index (χ4v) is 6.07. The molecule has 0 saturated carbocycles. The molecule has 0 aliphatic carbocycles. The van der Waals surface area contributed by atoms with E-state index in [1.54, 1.807) is 35.0 Å². The van der Waals surface area contributed by atoms with Gasteiger partial charge in [0.2, 0.25) is 11.8 Å².